The van der Waals surface area contributed by atoms with Crippen LogP contribution in [0, 0.1) is 6.92 Å². The number of halogens is 1. The summed E-state index contributed by atoms with van der Waals surface area (Å²) in [5.74, 6) is 0.912. The number of nitrogens with zero attached hydrogens (tertiary/aromatic N) is 7. The first-order valence-corrected chi connectivity index (χ1v) is 9.26. The van der Waals surface area contributed by atoms with Crippen molar-refractivity contribution >= 4 is 33.3 Å². The van der Waals surface area contributed by atoms with Gasteiger partial charge in [-0.1, -0.05) is 0 Å². The van der Waals surface area contributed by atoms with E-state index in [1.807, 2.05) is 30.0 Å². The molecule has 3 saturated heterocycles. The van der Waals surface area contributed by atoms with Gasteiger partial charge in [0.2, 0.25) is 0 Å². The highest BCUT2D eigenvalue weighted by Gasteiger charge is 2.48. The summed E-state index contributed by atoms with van der Waals surface area (Å²) < 4.78 is 2.56. The van der Waals surface area contributed by atoms with Gasteiger partial charge in [-0.2, -0.15) is 4.52 Å². The summed E-state index contributed by atoms with van der Waals surface area (Å²) in [7, 11) is 0. The first kappa shape index (κ1) is 15.7. The molecule has 8 nitrogen and oxygen atoms in total. The Balaban J connectivity index is 1.36. The smallest absolute Gasteiger partial charge is 0.273 e. The summed E-state index contributed by atoms with van der Waals surface area (Å²) in [6, 6.07) is 6.20. The molecule has 3 fully saturated rings. The number of piperazine rings is 1. The van der Waals surface area contributed by atoms with Crippen LogP contribution in [0.2, 0.25) is 0 Å². The standard InChI is InChI=1S/C17H16BrN7O/c1-10-4-11(18)6-19-16(10)17(26)25-12-5-13(25)8-23(7-12)15-3-2-14-21-20-9-24(14)22-15/h2-4,6,9,12-13H,5,7-8H2,1H3. The molecule has 0 aliphatic carbocycles. The number of pyridine rings is 1. The molecule has 26 heavy (non-hydrogen) atoms. The van der Waals surface area contributed by atoms with Crippen LogP contribution in [0.25, 0.3) is 5.65 Å². The Bertz CT molecular complexity index is 1010. The third-order valence-electron chi connectivity index (χ3n) is 5.15. The molecule has 1 amide bonds. The van der Waals surface area contributed by atoms with Gasteiger partial charge >= 0.3 is 0 Å². The predicted octanol–water partition coefficient (Wildman–Crippen LogP) is 1.69. The number of piperidine rings is 1. The molecule has 2 atom stereocenters. The molecule has 0 aromatic carbocycles. The minimum Gasteiger partial charge on any atom is -0.351 e. The van der Waals surface area contributed by atoms with E-state index >= 15 is 0 Å². The summed E-state index contributed by atoms with van der Waals surface area (Å²) in [5, 5.41) is 12.4. The van der Waals surface area contributed by atoms with Gasteiger partial charge in [0.1, 0.15) is 17.8 Å². The number of carbonyl (C=O) groups is 1. The van der Waals surface area contributed by atoms with Crippen molar-refractivity contribution in [3.05, 3.63) is 46.5 Å². The van der Waals surface area contributed by atoms with Gasteiger partial charge in [0, 0.05) is 23.8 Å². The van der Waals surface area contributed by atoms with Crippen LogP contribution in [0.5, 0.6) is 0 Å². The zero-order valence-electron chi connectivity index (χ0n) is 14.1. The van der Waals surface area contributed by atoms with Crippen molar-refractivity contribution in [2.45, 2.75) is 25.4 Å². The molecule has 3 aromatic rings. The molecule has 9 heteroatoms. The van der Waals surface area contributed by atoms with E-state index < -0.39 is 0 Å². The van der Waals surface area contributed by atoms with E-state index in [0.717, 1.165) is 41.0 Å². The zero-order valence-corrected chi connectivity index (χ0v) is 15.7. The Kier molecular flexibility index (Phi) is 3.46. The van der Waals surface area contributed by atoms with Crippen LogP contribution in [0.4, 0.5) is 5.82 Å². The van der Waals surface area contributed by atoms with E-state index in [9.17, 15) is 4.79 Å². The molecule has 0 saturated carbocycles. The molecule has 3 aliphatic heterocycles. The van der Waals surface area contributed by atoms with Crippen LogP contribution in [0.15, 0.2) is 35.2 Å². The lowest BCUT2D eigenvalue weighted by molar-refractivity contribution is 0.00513. The first-order chi connectivity index (χ1) is 12.6. The van der Waals surface area contributed by atoms with Crippen LogP contribution < -0.4 is 4.90 Å². The van der Waals surface area contributed by atoms with Gasteiger partial charge in [-0.3, -0.25) is 4.79 Å². The quantitative estimate of drug-likeness (QED) is 0.635. The SMILES string of the molecule is Cc1cc(Br)cnc1C(=O)N1C2CC1CN(c1ccc3nncn3n1)C2. The van der Waals surface area contributed by atoms with E-state index in [-0.39, 0.29) is 18.0 Å². The topological polar surface area (TPSA) is 79.5 Å². The Morgan fingerprint density at radius 1 is 1.27 bits per heavy atom. The molecule has 3 aliphatic rings. The molecule has 0 spiro atoms. The molecule has 0 radical (unpaired) electrons. The fourth-order valence-electron chi connectivity index (χ4n) is 3.90. The second-order valence-electron chi connectivity index (χ2n) is 6.81. The molecule has 2 bridgehead atoms. The third-order valence-corrected chi connectivity index (χ3v) is 5.58. The largest absolute Gasteiger partial charge is 0.351 e. The minimum atomic E-state index is 0.0260. The fourth-order valence-corrected chi connectivity index (χ4v) is 4.35. The highest BCUT2D eigenvalue weighted by atomic mass is 79.9. The van der Waals surface area contributed by atoms with Crippen LogP contribution in [-0.4, -0.2) is 60.8 Å². The fraction of sp³-hybridized carbons (Fsp3) is 0.353. The Morgan fingerprint density at radius 2 is 2.08 bits per heavy atom. The van der Waals surface area contributed by atoms with Crippen molar-refractivity contribution in [3.8, 4) is 0 Å². The van der Waals surface area contributed by atoms with Gasteiger partial charge in [0.05, 0.1) is 12.1 Å². The molecule has 2 unspecified atom stereocenters. The number of aryl methyl sites for hydroxylation is 1. The number of carbonyl (C=O) groups excluding carboxylic acids is 1. The average Bonchev–Trinajstić information content (AvgIpc) is 3.09. The van der Waals surface area contributed by atoms with Crippen molar-refractivity contribution in [3.63, 3.8) is 0 Å². The number of hydrogen-bond acceptors (Lipinski definition) is 6. The maximum atomic E-state index is 12.9. The van der Waals surface area contributed by atoms with Crippen LogP contribution in [0.1, 0.15) is 22.5 Å². The van der Waals surface area contributed by atoms with E-state index in [0.29, 0.717) is 5.69 Å². The maximum Gasteiger partial charge on any atom is 0.273 e. The Hall–Kier alpha value is -2.55. The lowest BCUT2D eigenvalue weighted by atomic mass is 9.86. The number of fused-ring (bicyclic) bond motifs is 3. The van der Waals surface area contributed by atoms with Crippen molar-refractivity contribution in [2.24, 2.45) is 0 Å². The Morgan fingerprint density at radius 3 is 2.85 bits per heavy atom. The third kappa shape index (κ3) is 2.38. The number of hydrogen-bond donors (Lipinski definition) is 0. The normalized spacial score (nSPS) is 21.8. The average molecular weight is 414 g/mol. The monoisotopic (exact) mass is 413 g/mol. The molecule has 0 N–H and O–H groups in total. The second kappa shape index (κ2) is 5.73. The maximum absolute atomic E-state index is 12.9. The number of aromatic nitrogens is 5. The Labute approximate surface area is 158 Å². The van der Waals surface area contributed by atoms with Crippen molar-refractivity contribution in [2.75, 3.05) is 18.0 Å². The van der Waals surface area contributed by atoms with Gasteiger partial charge in [-0.15, -0.1) is 15.3 Å². The lowest BCUT2D eigenvalue weighted by Gasteiger charge is -2.56. The van der Waals surface area contributed by atoms with Gasteiger partial charge < -0.3 is 9.80 Å². The number of rotatable bonds is 2. The summed E-state index contributed by atoms with van der Waals surface area (Å²) in [6.07, 6.45) is 4.31. The van der Waals surface area contributed by atoms with E-state index in [4.69, 9.17) is 0 Å². The number of amides is 1. The molecule has 6 rings (SSSR count). The predicted molar refractivity (Wildman–Crippen MR) is 98.0 cm³/mol. The van der Waals surface area contributed by atoms with Crippen molar-refractivity contribution in [1.29, 1.82) is 0 Å². The number of anilines is 1. The highest BCUT2D eigenvalue weighted by molar-refractivity contribution is 9.10. The van der Waals surface area contributed by atoms with Gasteiger partial charge in [0.25, 0.3) is 5.91 Å². The molecular weight excluding hydrogens is 398 g/mol. The summed E-state index contributed by atoms with van der Waals surface area (Å²) in [6.45, 7) is 3.47. The van der Waals surface area contributed by atoms with E-state index in [2.05, 4.69) is 41.1 Å². The highest BCUT2D eigenvalue weighted by Crippen LogP contribution is 2.35. The summed E-state index contributed by atoms with van der Waals surface area (Å²) >= 11 is 3.40. The molecule has 132 valence electrons. The van der Waals surface area contributed by atoms with Crippen molar-refractivity contribution in [1.82, 2.24) is 29.7 Å². The lowest BCUT2D eigenvalue weighted by Crippen LogP contribution is -2.70. The van der Waals surface area contributed by atoms with Gasteiger partial charge in [-0.05, 0) is 53.0 Å². The van der Waals surface area contributed by atoms with Crippen LogP contribution in [0.3, 0.4) is 0 Å². The van der Waals surface area contributed by atoms with E-state index in [1.54, 1.807) is 17.0 Å². The zero-order chi connectivity index (χ0) is 17.8. The minimum absolute atomic E-state index is 0.0260. The van der Waals surface area contributed by atoms with Crippen LogP contribution in [-0.2, 0) is 0 Å². The van der Waals surface area contributed by atoms with Gasteiger partial charge in [0.15, 0.2) is 5.65 Å². The van der Waals surface area contributed by atoms with E-state index in [1.165, 1.54) is 0 Å². The molecule has 6 heterocycles. The summed E-state index contributed by atoms with van der Waals surface area (Å²) in [5.41, 5.74) is 2.16. The molecular formula is C17H16BrN7O. The van der Waals surface area contributed by atoms with Gasteiger partial charge in [-0.25, -0.2) is 4.98 Å². The second-order valence-corrected chi connectivity index (χ2v) is 7.72. The first-order valence-electron chi connectivity index (χ1n) is 8.47. The van der Waals surface area contributed by atoms with Crippen molar-refractivity contribution < 1.29 is 4.79 Å². The van der Waals surface area contributed by atoms with Crippen LogP contribution >= 0.6 is 15.9 Å². The summed E-state index contributed by atoms with van der Waals surface area (Å²) in [4.78, 5) is 21.5. The molecule has 3 aromatic heterocycles.